The van der Waals surface area contributed by atoms with Gasteiger partial charge in [-0.3, -0.25) is 9.78 Å². The number of rotatable bonds is 7. The zero-order valence-electron chi connectivity index (χ0n) is 18.7. The molecule has 6 nitrogen and oxygen atoms in total. The van der Waals surface area contributed by atoms with Crippen LogP contribution in [0.4, 0.5) is 5.95 Å². The second-order valence-electron chi connectivity index (χ2n) is 8.30. The van der Waals surface area contributed by atoms with Crippen LogP contribution in [0.1, 0.15) is 30.5 Å². The number of pyridine rings is 1. The molecule has 1 aliphatic rings. The Balaban J connectivity index is 1.70. The first-order valence-electron chi connectivity index (χ1n) is 11.0. The number of hydrogen-bond acceptors (Lipinski definition) is 5. The lowest BCUT2D eigenvalue weighted by molar-refractivity contribution is -0.137. The molecule has 0 saturated heterocycles. The minimum Gasteiger partial charge on any atom is -0.347 e. The number of allylic oxidation sites excluding steroid dienone is 2. The van der Waals surface area contributed by atoms with Crippen LogP contribution in [0.15, 0.2) is 73.1 Å². The van der Waals surface area contributed by atoms with Gasteiger partial charge >= 0.3 is 0 Å². The third-order valence-corrected chi connectivity index (χ3v) is 5.68. The van der Waals surface area contributed by atoms with E-state index >= 15 is 0 Å². The summed E-state index contributed by atoms with van der Waals surface area (Å²) in [5, 5.41) is 0. The van der Waals surface area contributed by atoms with E-state index in [2.05, 4.69) is 34.3 Å². The number of benzene rings is 1. The Morgan fingerprint density at radius 1 is 1.00 bits per heavy atom. The highest BCUT2D eigenvalue weighted by Crippen LogP contribution is 2.26. The highest BCUT2D eigenvalue weighted by atomic mass is 16.2. The maximum Gasteiger partial charge on any atom is 0.226 e. The highest BCUT2D eigenvalue weighted by Gasteiger charge is 2.26. The van der Waals surface area contributed by atoms with Crippen molar-refractivity contribution in [1.82, 2.24) is 19.9 Å². The van der Waals surface area contributed by atoms with Crippen molar-refractivity contribution in [3.8, 4) is 11.3 Å². The molecular weight excluding hydrogens is 398 g/mol. The Hall–Kier alpha value is -3.54. The molecule has 0 fully saturated rings. The first-order chi connectivity index (χ1) is 15.6. The number of carbonyl (C=O) groups excluding carboxylic acids is 1. The van der Waals surface area contributed by atoms with Crippen molar-refractivity contribution in [2.75, 3.05) is 19.0 Å². The van der Waals surface area contributed by atoms with E-state index in [1.807, 2.05) is 66.5 Å². The topological polar surface area (TPSA) is 62.2 Å². The third kappa shape index (κ3) is 5.19. The second kappa shape index (κ2) is 10.2. The molecule has 2 aromatic heterocycles. The fourth-order valence-electron chi connectivity index (χ4n) is 3.95. The Morgan fingerprint density at radius 3 is 2.50 bits per heavy atom. The normalized spacial score (nSPS) is 15.4. The number of hydrogen-bond donors (Lipinski definition) is 0. The largest absolute Gasteiger partial charge is 0.347 e. The maximum absolute atomic E-state index is 13.6. The molecule has 0 bridgehead atoms. The van der Waals surface area contributed by atoms with E-state index in [0.717, 1.165) is 41.8 Å². The predicted octanol–water partition coefficient (Wildman–Crippen LogP) is 4.49. The molecule has 1 aromatic carbocycles. The van der Waals surface area contributed by atoms with Crippen LogP contribution in [-0.2, 0) is 17.9 Å². The number of nitrogens with zero attached hydrogens (tertiary/aromatic N) is 5. The van der Waals surface area contributed by atoms with Gasteiger partial charge < -0.3 is 9.80 Å². The van der Waals surface area contributed by atoms with Crippen molar-refractivity contribution < 1.29 is 4.79 Å². The van der Waals surface area contributed by atoms with Crippen LogP contribution >= 0.6 is 0 Å². The number of carbonyl (C=O) groups is 1. The summed E-state index contributed by atoms with van der Waals surface area (Å²) in [6, 6.07) is 15.9. The highest BCUT2D eigenvalue weighted by molar-refractivity contribution is 5.79. The molecule has 6 heteroatoms. The third-order valence-electron chi connectivity index (χ3n) is 5.68. The second-order valence-corrected chi connectivity index (χ2v) is 8.30. The van der Waals surface area contributed by atoms with Gasteiger partial charge in [0.05, 0.1) is 17.9 Å². The van der Waals surface area contributed by atoms with E-state index in [9.17, 15) is 4.79 Å². The summed E-state index contributed by atoms with van der Waals surface area (Å²) in [7, 11) is 3.83. The zero-order chi connectivity index (χ0) is 22.3. The summed E-state index contributed by atoms with van der Waals surface area (Å²) in [5.41, 5.74) is 3.57. The van der Waals surface area contributed by atoms with Crippen LogP contribution in [0.25, 0.3) is 11.3 Å². The van der Waals surface area contributed by atoms with Gasteiger partial charge in [0.2, 0.25) is 11.9 Å². The van der Waals surface area contributed by atoms with Gasteiger partial charge in [-0.25, -0.2) is 9.97 Å². The van der Waals surface area contributed by atoms with E-state index in [0.29, 0.717) is 19.0 Å². The summed E-state index contributed by atoms with van der Waals surface area (Å²) in [6.07, 6.45) is 10.5. The molecule has 0 radical (unpaired) electrons. The van der Waals surface area contributed by atoms with Gasteiger partial charge in [0.15, 0.2) is 0 Å². The quantitative estimate of drug-likeness (QED) is 0.520. The van der Waals surface area contributed by atoms with Crippen LogP contribution in [0.2, 0.25) is 0 Å². The van der Waals surface area contributed by atoms with Gasteiger partial charge in [-0.05, 0) is 37.0 Å². The molecular formula is C26H29N5O. The molecule has 0 aliphatic heterocycles. The first-order valence-corrected chi connectivity index (χ1v) is 11.0. The van der Waals surface area contributed by atoms with Gasteiger partial charge in [-0.1, -0.05) is 48.6 Å². The Kier molecular flexibility index (Phi) is 6.90. The zero-order valence-corrected chi connectivity index (χ0v) is 18.7. The molecule has 164 valence electrons. The molecule has 1 atom stereocenters. The average molecular weight is 428 g/mol. The fourth-order valence-corrected chi connectivity index (χ4v) is 3.95. The van der Waals surface area contributed by atoms with Gasteiger partial charge in [0, 0.05) is 44.5 Å². The summed E-state index contributed by atoms with van der Waals surface area (Å²) < 4.78 is 0. The molecule has 0 N–H and O–H groups in total. The van der Waals surface area contributed by atoms with E-state index in [-0.39, 0.29) is 11.8 Å². The van der Waals surface area contributed by atoms with E-state index in [1.54, 1.807) is 6.20 Å². The van der Waals surface area contributed by atoms with Crippen molar-refractivity contribution >= 4 is 11.9 Å². The Morgan fingerprint density at radius 2 is 1.81 bits per heavy atom. The molecule has 1 unspecified atom stereocenters. The summed E-state index contributed by atoms with van der Waals surface area (Å²) in [5.74, 6) is 0.805. The number of amides is 1. The molecule has 1 amide bonds. The smallest absolute Gasteiger partial charge is 0.226 e. The maximum atomic E-state index is 13.6. The van der Waals surface area contributed by atoms with Crippen molar-refractivity contribution in [3.05, 3.63) is 84.3 Å². The summed E-state index contributed by atoms with van der Waals surface area (Å²) >= 11 is 0. The minimum atomic E-state index is 0.0113. The van der Waals surface area contributed by atoms with Gasteiger partial charge in [-0.2, -0.15) is 0 Å². The SMILES string of the molecule is CN(C)c1ncc(-c2ccccn2)c(CN(Cc2ccccc2)C(=O)C2CC=CCC2)n1. The van der Waals surface area contributed by atoms with Crippen LogP contribution < -0.4 is 4.90 Å². The lowest BCUT2D eigenvalue weighted by atomic mass is 9.92. The molecule has 32 heavy (non-hydrogen) atoms. The molecule has 4 rings (SSSR count). The molecule has 3 aromatic rings. The first kappa shape index (κ1) is 21.7. The fraction of sp³-hybridized carbons (Fsp3) is 0.308. The van der Waals surface area contributed by atoms with Crippen LogP contribution in [0.3, 0.4) is 0 Å². The van der Waals surface area contributed by atoms with Crippen molar-refractivity contribution in [2.45, 2.75) is 32.4 Å². The van der Waals surface area contributed by atoms with Crippen LogP contribution in [-0.4, -0.2) is 39.9 Å². The van der Waals surface area contributed by atoms with Crippen molar-refractivity contribution in [1.29, 1.82) is 0 Å². The number of anilines is 1. The predicted molar refractivity (Wildman–Crippen MR) is 127 cm³/mol. The van der Waals surface area contributed by atoms with E-state index < -0.39 is 0 Å². The standard InChI is InChI=1S/C26H29N5O/c1-30(2)26-28-17-22(23-15-9-10-16-27-23)24(29-26)19-31(18-20-11-5-3-6-12-20)25(32)21-13-7-4-8-14-21/h3-7,9-12,15-17,21H,8,13-14,18-19H2,1-2H3. The number of aromatic nitrogens is 3. The van der Waals surface area contributed by atoms with Crippen LogP contribution in [0.5, 0.6) is 0 Å². The van der Waals surface area contributed by atoms with Crippen molar-refractivity contribution in [3.63, 3.8) is 0 Å². The van der Waals surface area contributed by atoms with Gasteiger partial charge in [0.1, 0.15) is 0 Å². The van der Waals surface area contributed by atoms with Gasteiger partial charge in [-0.15, -0.1) is 0 Å². The Labute approximate surface area is 189 Å². The minimum absolute atomic E-state index is 0.0113. The van der Waals surface area contributed by atoms with E-state index in [4.69, 9.17) is 4.98 Å². The monoisotopic (exact) mass is 427 g/mol. The lowest BCUT2D eigenvalue weighted by Gasteiger charge is -2.29. The molecule has 1 aliphatic carbocycles. The van der Waals surface area contributed by atoms with Gasteiger partial charge in [0.25, 0.3) is 0 Å². The van der Waals surface area contributed by atoms with E-state index in [1.165, 1.54) is 0 Å². The lowest BCUT2D eigenvalue weighted by Crippen LogP contribution is -2.36. The summed E-state index contributed by atoms with van der Waals surface area (Å²) in [6.45, 7) is 0.950. The molecule has 0 saturated carbocycles. The Bertz CT molecular complexity index is 1070. The van der Waals surface area contributed by atoms with Crippen molar-refractivity contribution in [2.24, 2.45) is 5.92 Å². The molecule has 2 heterocycles. The van der Waals surface area contributed by atoms with Crippen LogP contribution in [0, 0.1) is 5.92 Å². The summed E-state index contributed by atoms with van der Waals surface area (Å²) in [4.78, 5) is 31.2. The average Bonchev–Trinajstić information content (AvgIpc) is 2.85. The molecule has 0 spiro atoms.